The Morgan fingerprint density at radius 2 is 1.17 bits per heavy atom. The molecule has 2 aromatic carbocycles. The van der Waals surface area contributed by atoms with Gasteiger partial charge in [0.2, 0.25) is 0 Å². The smallest absolute Gasteiger partial charge is 0.327 e. The normalized spacial score (nSPS) is 13.0. The van der Waals surface area contributed by atoms with Gasteiger partial charge in [0.15, 0.2) is 0 Å². The van der Waals surface area contributed by atoms with Crippen LogP contribution in [-0.2, 0) is 9.94 Å². The van der Waals surface area contributed by atoms with Gasteiger partial charge in [-0.3, -0.25) is 0 Å². The number of hydrogen-bond acceptors (Lipinski definition) is 3. The predicted octanol–water partition coefficient (Wildman–Crippen LogP) is 7.51. The molecule has 1 unspecified atom stereocenters. The first kappa shape index (κ1) is 25.0. The molecule has 0 heterocycles. The first-order valence-electron chi connectivity index (χ1n) is 11.6. The first-order valence-corrected chi connectivity index (χ1v) is 12.7. The molecule has 0 aliphatic rings. The van der Waals surface area contributed by atoms with E-state index < -0.39 is 14.0 Å². The predicted molar refractivity (Wildman–Crippen MR) is 127 cm³/mol. The summed E-state index contributed by atoms with van der Waals surface area (Å²) in [5.41, 5.74) is 1.93. The molecular weight excluding hydrogens is 391 g/mol. The van der Waals surface area contributed by atoms with Crippen LogP contribution in [0.2, 0.25) is 0 Å². The van der Waals surface area contributed by atoms with Gasteiger partial charge in [-0.2, -0.15) is 0 Å². The zero-order valence-electron chi connectivity index (χ0n) is 18.7. The van der Waals surface area contributed by atoms with Crippen LogP contribution < -0.4 is 0 Å². The van der Waals surface area contributed by atoms with Crippen LogP contribution in [-0.4, -0.2) is 15.9 Å². The molecule has 2 N–H and O–H groups in total. The second-order valence-corrected chi connectivity index (χ2v) is 9.00. The van der Waals surface area contributed by atoms with Crippen molar-refractivity contribution in [2.75, 3.05) is 0 Å². The Bertz CT molecular complexity index is 636. The average molecular weight is 431 g/mol. The summed E-state index contributed by atoms with van der Waals surface area (Å²) in [4.78, 5) is 19.2. The van der Waals surface area contributed by atoms with Gasteiger partial charge in [0.25, 0.3) is 0 Å². The number of rotatable bonds is 15. The third-order valence-corrected chi connectivity index (χ3v) is 6.70. The van der Waals surface area contributed by atoms with Crippen molar-refractivity contribution in [3.8, 4) is 0 Å². The molecule has 0 saturated heterocycles. The molecule has 0 aliphatic carbocycles. The lowest BCUT2D eigenvalue weighted by atomic mass is 9.67. The molecule has 0 bridgehead atoms. The van der Waals surface area contributed by atoms with Crippen LogP contribution in [0.1, 0.15) is 89.2 Å². The summed E-state index contributed by atoms with van der Waals surface area (Å²) in [5, 5.41) is 0. The van der Waals surface area contributed by atoms with Crippen molar-refractivity contribution >= 4 is 8.60 Å². The van der Waals surface area contributed by atoms with Crippen molar-refractivity contribution in [3.05, 3.63) is 71.8 Å². The summed E-state index contributed by atoms with van der Waals surface area (Å²) in [6, 6.07) is 20.8. The van der Waals surface area contributed by atoms with Crippen molar-refractivity contribution in [1.82, 2.24) is 0 Å². The van der Waals surface area contributed by atoms with E-state index >= 15 is 0 Å². The summed E-state index contributed by atoms with van der Waals surface area (Å²) in [6.45, 7) is 4.23. The van der Waals surface area contributed by atoms with E-state index in [0.29, 0.717) is 0 Å². The molecular formula is C26H39O3P. The fraction of sp³-hybridized carbons (Fsp3) is 0.538. The number of hydrogen-bond donors (Lipinski definition) is 2. The second kappa shape index (κ2) is 13.9. The van der Waals surface area contributed by atoms with Crippen molar-refractivity contribution in [2.24, 2.45) is 0 Å². The van der Waals surface area contributed by atoms with Crippen molar-refractivity contribution in [1.29, 1.82) is 0 Å². The Morgan fingerprint density at radius 1 is 0.733 bits per heavy atom. The van der Waals surface area contributed by atoms with Crippen LogP contribution in [0, 0.1) is 0 Å². The second-order valence-electron chi connectivity index (χ2n) is 8.28. The van der Waals surface area contributed by atoms with Gasteiger partial charge in [-0.25, -0.2) is 0 Å². The fourth-order valence-electron chi connectivity index (χ4n) is 4.55. The molecule has 166 valence electrons. The van der Waals surface area contributed by atoms with Crippen LogP contribution in [0.4, 0.5) is 0 Å². The van der Waals surface area contributed by atoms with Gasteiger partial charge in [0, 0.05) is 5.41 Å². The maximum absolute atomic E-state index is 9.61. The Kier molecular flexibility index (Phi) is 11.6. The van der Waals surface area contributed by atoms with Crippen LogP contribution >= 0.6 is 8.60 Å². The van der Waals surface area contributed by atoms with Gasteiger partial charge in [0.1, 0.15) is 0 Å². The molecule has 0 aliphatic heterocycles. The fourth-order valence-corrected chi connectivity index (χ4v) is 5.01. The Morgan fingerprint density at radius 3 is 1.60 bits per heavy atom. The Hall–Kier alpha value is -1.25. The Labute approximate surface area is 184 Å². The number of benzene rings is 2. The summed E-state index contributed by atoms with van der Waals surface area (Å²) in [6.07, 6.45) is 12.1. The van der Waals surface area contributed by atoms with Gasteiger partial charge in [-0.15, -0.1) is 0 Å². The van der Waals surface area contributed by atoms with E-state index in [1.807, 2.05) is 19.1 Å². The number of unbranched alkanes of at least 4 members (excludes halogenated alkanes) is 8. The van der Waals surface area contributed by atoms with Crippen LogP contribution in [0.3, 0.4) is 0 Å². The minimum atomic E-state index is -2.42. The molecule has 0 aromatic heterocycles. The molecule has 0 amide bonds. The highest BCUT2D eigenvalue weighted by Gasteiger charge is 2.41. The van der Waals surface area contributed by atoms with Gasteiger partial charge >= 0.3 is 8.60 Å². The highest BCUT2D eigenvalue weighted by atomic mass is 31.2. The van der Waals surface area contributed by atoms with Gasteiger partial charge in [0.05, 0.1) is 6.10 Å². The summed E-state index contributed by atoms with van der Waals surface area (Å²) in [7, 11) is -2.42. The molecule has 1 atom stereocenters. The topological polar surface area (TPSA) is 49.7 Å². The van der Waals surface area contributed by atoms with E-state index in [1.54, 1.807) is 0 Å². The molecule has 2 rings (SSSR count). The minimum absolute atomic E-state index is 0.350. The van der Waals surface area contributed by atoms with Gasteiger partial charge < -0.3 is 14.3 Å². The standard InChI is InChI=1S/C26H39O3P/c1-3-4-5-6-7-8-9-10-17-22-26(23(2)29-30(27)28,24-18-13-11-14-19-24)25-20-15-12-16-21-25/h11-16,18-21,23,27-28H,3-10,17,22H2,1-2H3. The highest BCUT2D eigenvalue weighted by Crippen LogP contribution is 2.45. The largest absolute Gasteiger partial charge is 0.328 e. The molecule has 0 radical (unpaired) electrons. The van der Waals surface area contributed by atoms with E-state index in [9.17, 15) is 9.79 Å². The van der Waals surface area contributed by atoms with E-state index in [-0.39, 0.29) is 6.10 Å². The molecule has 0 fully saturated rings. The van der Waals surface area contributed by atoms with Gasteiger partial charge in [-0.1, -0.05) is 125 Å². The molecule has 30 heavy (non-hydrogen) atoms. The van der Waals surface area contributed by atoms with Crippen LogP contribution in [0.5, 0.6) is 0 Å². The molecule has 3 nitrogen and oxygen atoms in total. The van der Waals surface area contributed by atoms with Crippen molar-refractivity contribution in [3.63, 3.8) is 0 Å². The monoisotopic (exact) mass is 430 g/mol. The van der Waals surface area contributed by atoms with Crippen molar-refractivity contribution in [2.45, 2.75) is 89.6 Å². The van der Waals surface area contributed by atoms with E-state index in [1.165, 1.54) is 62.5 Å². The minimum Gasteiger partial charge on any atom is -0.328 e. The van der Waals surface area contributed by atoms with Crippen molar-refractivity contribution < 1.29 is 14.3 Å². The molecule has 0 spiro atoms. The quantitative estimate of drug-likeness (QED) is 0.227. The molecule has 2 aromatic rings. The molecule has 4 heteroatoms. The Balaban J connectivity index is 2.12. The molecule has 0 saturated carbocycles. The lowest BCUT2D eigenvalue weighted by molar-refractivity contribution is 0.117. The average Bonchev–Trinajstić information content (AvgIpc) is 2.76. The first-order chi connectivity index (χ1) is 14.6. The van der Waals surface area contributed by atoms with E-state index in [4.69, 9.17) is 4.52 Å². The summed E-state index contributed by atoms with van der Waals surface area (Å²) >= 11 is 0. The van der Waals surface area contributed by atoms with Crippen LogP contribution in [0.15, 0.2) is 60.7 Å². The SMILES string of the molecule is CCCCCCCCCCCC(c1ccccc1)(c1ccccc1)C(C)OP(O)O. The maximum atomic E-state index is 9.61. The maximum Gasteiger partial charge on any atom is 0.327 e. The third kappa shape index (κ3) is 7.46. The van der Waals surface area contributed by atoms with E-state index in [2.05, 4.69) is 55.5 Å². The van der Waals surface area contributed by atoms with E-state index in [0.717, 1.165) is 12.8 Å². The van der Waals surface area contributed by atoms with Gasteiger partial charge in [-0.05, 0) is 24.5 Å². The summed E-state index contributed by atoms with van der Waals surface area (Å²) in [5.74, 6) is 0. The lowest BCUT2D eigenvalue weighted by Gasteiger charge is -2.40. The lowest BCUT2D eigenvalue weighted by Crippen LogP contribution is -2.40. The zero-order valence-corrected chi connectivity index (χ0v) is 19.6. The summed E-state index contributed by atoms with van der Waals surface area (Å²) < 4.78 is 5.63. The zero-order chi connectivity index (χ0) is 21.7. The van der Waals surface area contributed by atoms with Crippen LogP contribution in [0.25, 0.3) is 0 Å². The highest BCUT2D eigenvalue weighted by molar-refractivity contribution is 7.39. The third-order valence-electron chi connectivity index (χ3n) is 6.20.